The van der Waals surface area contributed by atoms with Crippen molar-refractivity contribution >= 4 is 52.2 Å². The summed E-state index contributed by atoms with van der Waals surface area (Å²) in [6.07, 6.45) is 21.3. The number of piperidine rings is 3. The Hall–Kier alpha value is -3.74. The maximum atomic E-state index is 12.6. The van der Waals surface area contributed by atoms with Crippen LogP contribution in [0.15, 0.2) is 78.1 Å². The van der Waals surface area contributed by atoms with Crippen LogP contribution >= 0.6 is 0 Å². The van der Waals surface area contributed by atoms with Crippen LogP contribution in [0.25, 0.3) is 22.1 Å². The molecular weight excluding hydrogens is 895 g/mol. The summed E-state index contributed by atoms with van der Waals surface area (Å²) in [4.78, 5) is 16.0. The van der Waals surface area contributed by atoms with Gasteiger partial charge in [0.15, 0.2) is 5.58 Å². The molecule has 0 amide bonds. The van der Waals surface area contributed by atoms with E-state index in [1.54, 1.807) is 31.6 Å². The molecule has 0 unspecified atom stereocenters. The number of fused-ring (bicyclic) bond motifs is 2. The zero-order valence-electron chi connectivity index (χ0n) is 38.6. The number of H-pyrrole nitrogens is 1. The zero-order chi connectivity index (χ0) is 46.2. The summed E-state index contributed by atoms with van der Waals surface area (Å²) >= 11 is 0. The molecule has 17 heteroatoms. The SMILES string of the molecule is CC1CC(S(=O)(=O)N2CCC(c3c[nH]c4ncccc34)CC2)C1.CC1CC(S(=O)(=O)N2CCC(c3ccncc3)CC2)C1.CC1CC(S(=O)(=O)N2CCC(c3coc4cccnc34)CC2)C1. The van der Waals surface area contributed by atoms with Crippen molar-refractivity contribution in [2.75, 3.05) is 39.3 Å². The van der Waals surface area contributed by atoms with Crippen LogP contribution in [0.5, 0.6) is 0 Å². The minimum atomic E-state index is -3.10. The Morgan fingerprint density at radius 2 is 0.985 bits per heavy atom. The maximum Gasteiger partial charge on any atom is 0.217 e. The van der Waals surface area contributed by atoms with E-state index in [1.807, 2.05) is 48.9 Å². The van der Waals surface area contributed by atoms with Gasteiger partial charge in [-0.25, -0.2) is 43.2 Å². The number of aromatic amines is 1. The molecular formula is C49H67N7O7S3. The Labute approximate surface area is 391 Å². The van der Waals surface area contributed by atoms with Crippen LogP contribution < -0.4 is 0 Å². The number of pyridine rings is 3. The summed E-state index contributed by atoms with van der Waals surface area (Å²) in [6, 6.07) is 11.9. The molecule has 3 aliphatic heterocycles. The number of aromatic nitrogens is 4. The van der Waals surface area contributed by atoms with Gasteiger partial charge >= 0.3 is 0 Å². The highest BCUT2D eigenvalue weighted by molar-refractivity contribution is 7.90. The molecule has 0 atom stereocenters. The van der Waals surface area contributed by atoms with Gasteiger partial charge in [0.2, 0.25) is 30.1 Å². The van der Waals surface area contributed by atoms with Crippen LogP contribution in [0.3, 0.4) is 0 Å². The Morgan fingerprint density at radius 1 is 0.545 bits per heavy atom. The first kappa shape index (κ1) is 47.3. The van der Waals surface area contributed by atoms with Crippen LogP contribution in [0.2, 0.25) is 0 Å². The van der Waals surface area contributed by atoms with E-state index in [1.165, 1.54) is 16.5 Å². The third-order valence-corrected chi connectivity index (χ3v) is 22.5. The summed E-state index contributed by atoms with van der Waals surface area (Å²) in [5, 5.41) is 0.772. The summed E-state index contributed by atoms with van der Waals surface area (Å²) in [7, 11) is -9.22. The number of sulfonamides is 3. The van der Waals surface area contributed by atoms with Crippen molar-refractivity contribution in [2.24, 2.45) is 17.8 Å². The second-order valence-corrected chi connectivity index (χ2v) is 26.9. The molecule has 6 aliphatic rings. The van der Waals surface area contributed by atoms with E-state index in [4.69, 9.17) is 4.42 Å². The average molecular weight is 962 g/mol. The standard InChI is InChI=1S/C17H23N3O2S.C17H22N2O3S.C15H22N2O2S/c1-12-9-14(10-12)23(21,22)20-7-4-13(5-8-20)16-11-19-17-15(16)3-2-6-18-17;1-12-9-14(10-12)23(20,21)19-7-4-13(5-8-19)15-11-22-16-3-2-6-18-17(15)16;1-12-10-15(11-12)20(18,19)17-8-4-14(5-9-17)13-2-6-16-7-3-13/h2-3,6,11-14H,4-5,7-10H2,1H3,(H,18,19);2-3,6,11-14H,4-5,7-10H2,1H3;2-3,6-7,12,14-15H,4-5,8-11H2,1H3. The van der Waals surface area contributed by atoms with E-state index in [2.05, 4.69) is 46.8 Å². The number of furan rings is 1. The molecule has 14 nitrogen and oxygen atoms in total. The third kappa shape index (κ3) is 9.89. The number of hydrogen-bond donors (Lipinski definition) is 1. The topological polar surface area (TPSA) is 180 Å². The molecule has 3 aliphatic carbocycles. The number of nitrogens with one attached hydrogen (secondary N) is 1. The van der Waals surface area contributed by atoms with Crippen molar-refractivity contribution in [1.29, 1.82) is 0 Å². The van der Waals surface area contributed by atoms with Crippen LogP contribution in [0, 0.1) is 17.8 Å². The van der Waals surface area contributed by atoms with E-state index in [0.29, 0.717) is 74.8 Å². The lowest BCUT2D eigenvalue weighted by molar-refractivity contribution is 0.287. The van der Waals surface area contributed by atoms with Gasteiger partial charge in [0, 0.05) is 81.2 Å². The van der Waals surface area contributed by atoms with Crippen molar-refractivity contribution in [1.82, 2.24) is 32.9 Å². The van der Waals surface area contributed by atoms with Gasteiger partial charge < -0.3 is 9.40 Å². The highest BCUT2D eigenvalue weighted by Gasteiger charge is 2.44. The molecule has 8 heterocycles. The molecule has 3 saturated carbocycles. The van der Waals surface area contributed by atoms with Gasteiger partial charge in [0.05, 0.1) is 22.0 Å². The van der Waals surface area contributed by atoms with Gasteiger partial charge in [0.25, 0.3) is 0 Å². The molecule has 1 N–H and O–H groups in total. The summed E-state index contributed by atoms with van der Waals surface area (Å²) < 4.78 is 86.2. The monoisotopic (exact) mass is 961 g/mol. The van der Waals surface area contributed by atoms with Crippen molar-refractivity contribution < 1.29 is 29.7 Å². The second-order valence-electron chi connectivity index (χ2n) is 20.2. The quantitative estimate of drug-likeness (QED) is 0.151. The van der Waals surface area contributed by atoms with Crippen LogP contribution in [0.1, 0.15) is 132 Å². The van der Waals surface area contributed by atoms with Gasteiger partial charge in [0.1, 0.15) is 11.2 Å². The van der Waals surface area contributed by atoms with Crippen molar-refractivity contribution in [2.45, 2.75) is 131 Å². The molecule has 66 heavy (non-hydrogen) atoms. The predicted molar refractivity (Wildman–Crippen MR) is 258 cm³/mol. The van der Waals surface area contributed by atoms with E-state index in [9.17, 15) is 25.3 Å². The molecule has 0 aromatic carbocycles. The van der Waals surface area contributed by atoms with Crippen LogP contribution in [-0.2, 0) is 30.1 Å². The molecule has 11 rings (SSSR count). The second kappa shape index (κ2) is 19.7. The molecule has 5 aromatic rings. The lowest BCUT2D eigenvalue weighted by Gasteiger charge is -2.39. The number of hydrogen-bond acceptors (Lipinski definition) is 10. The minimum Gasteiger partial charge on any atom is -0.462 e. The Kier molecular flexibility index (Phi) is 14.1. The molecule has 3 saturated heterocycles. The third-order valence-electron chi connectivity index (χ3n) is 15.6. The predicted octanol–water partition coefficient (Wildman–Crippen LogP) is 8.40. The summed E-state index contributed by atoms with van der Waals surface area (Å²) in [6.45, 7) is 10.2. The van der Waals surface area contributed by atoms with E-state index >= 15 is 0 Å². The summed E-state index contributed by atoms with van der Waals surface area (Å²) in [5.41, 5.74) is 6.33. The Bertz CT molecular complexity index is 2600. The van der Waals surface area contributed by atoms with Gasteiger partial charge in [-0.1, -0.05) is 20.8 Å². The number of nitrogens with zero attached hydrogens (tertiary/aromatic N) is 6. The van der Waals surface area contributed by atoms with Gasteiger partial charge in [-0.05, 0) is 160 Å². The molecule has 0 radical (unpaired) electrons. The van der Waals surface area contributed by atoms with E-state index in [-0.39, 0.29) is 15.7 Å². The molecule has 0 bridgehead atoms. The van der Waals surface area contributed by atoms with Crippen molar-refractivity contribution in [3.05, 3.63) is 90.3 Å². The first-order valence-electron chi connectivity index (χ1n) is 24.3. The smallest absolute Gasteiger partial charge is 0.217 e. The fourth-order valence-corrected chi connectivity index (χ4v) is 18.1. The highest BCUT2D eigenvalue weighted by Crippen LogP contribution is 2.41. The van der Waals surface area contributed by atoms with E-state index < -0.39 is 30.1 Å². The minimum absolute atomic E-state index is 0.116. The number of rotatable bonds is 9. The van der Waals surface area contributed by atoms with Crippen LogP contribution in [0.4, 0.5) is 0 Å². The average Bonchev–Trinajstić information content (AvgIpc) is 3.94. The van der Waals surface area contributed by atoms with E-state index in [0.717, 1.165) is 99.4 Å². The van der Waals surface area contributed by atoms with Crippen molar-refractivity contribution in [3.63, 3.8) is 0 Å². The highest BCUT2D eigenvalue weighted by atomic mass is 32.2. The Balaban J connectivity index is 0.000000125. The zero-order valence-corrected chi connectivity index (χ0v) is 41.1. The normalized spacial score (nSPS) is 27.7. The van der Waals surface area contributed by atoms with Gasteiger partial charge in [-0.15, -0.1) is 0 Å². The molecule has 6 fully saturated rings. The first-order chi connectivity index (χ1) is 31.7. The van der Waals surface area contributed by atoms with Crippen LogP contribution in [-0.4, -0.2) is 113 Å². The fraction of sp³-hybridized carbons (Fsp3) is 0.612. The lowest BCUT2D eigenvalue weighted by Crippen LogP contribution is -2.47. The fourth-order valence-electron chi connectivity index (χ4n) is 11.3. The first-order valence-corrected chi connectivity index (χ1v) is 28.8. The largest absolute Gasteiger partial charge is 0.462 e. The van der Waals surface area contributed by atoms with Gasteiger partial charge in [-0.2, -0.15) is 0 Å². The maximum absolute atomic E-state index is 12.6. The Morgan fingerprint density at radius 3 is 1.47 bits per heavy atom. The summed E-state index contributed by atoms with van der Waals surface area (Å²) in [5.74, 6) is 2.91. The van der Waals surface area contributed by atoms with Gasteiger partial charge in [-0.3, -0.25) is 9.97 Å². The lowest BCUT2D eigenvalue weighted by atomic mass is 9.87. The van der Waals surface area contributed by atoms with Crippen molar-refractivity contribution in [3.8, 4) is 0 Å². The molecule has 0 spiro atoms. The molecule has 5 aromatic heterocycles. The molecule has 358 valence electrons.